The van der Waals surface area contributed by atoms with E-state index in [2.05, 4.69) is 20.4 Å². The van der Waals surface area contributed by atoms with Crippen molar-refractivity contribution >= 4 is 5.97 Å². The van der Waals surface area contributed by atoms with Crippen LogP contribution in [0.2, 0.25) is 0 Å². The number of aliphatic carboxylic acids is 1. The van der Waals surface area contributed by atoms with Crippen molar-refractivity contribution < 1.29 is 41.5 Å². The predicted molar refractivity (Wildman–Crippen MR) is 88.5 cm³/mol. The smallest absolute Gasteiger partial charge is 0.179 e. The zero-order chi connectivity index (χ0) is 18.4. The van der Waals surface area contributed by atoms with Crippen LogP contribution in [-0.4, -0.2) is 79.9 Å². The average Bonchev–Trinajstić information content (AvgIpc) is 2.40. The number of halogens is 1. The fraction of sp³-hybridized carbons (Fsp3) is 0.812. The summed E-state index contributed by atoms with van der Waals surface area (Å²) in [5.41, 5.74) is 0.0648. The summed E-state index contributed by atoms with van der Waals surface area (Å²) in [4.78, 5) is 9.49. The Labute approximate surface area is 148 Å². The highest BCUT2D eigenvalue weighted by Crippen LogP contribution is 1.95. The molecule has 7 heteroatoms. The normalized spacial score (nSPS) is 10.3. The molecule has 0 aliphatic heterocycles. The summed E-state index contributed by atoms with van der Waals surface area (Å²) >= 11 is 0. The number of carbonyl (C=O) groups excluding carboxylic acids is 1. The highest BCUT2D eigenvalue weighted by Gasteiger charge is 2.09. The molecule has 0 saturated carbocycles. The Morgan fingerprint density at radius 1 is 0.957 bits per heavy atom. The van der Waals surface area contributed by atoms with Gasteiger partial charge in [0.05, 0.1) is 47.2 Å². The van der Waals surface area contributed by atoms with Crippen molar-refractivity contribution in [3.63, 3.8) is 0 Å². The van der Waals surface area contributed by atoms with E-state index in [0.717, 1.165) is 34.9 Å². The van der Waals surface area contributed by atoms with Gasteiger partial charge in [0, 0.05) is 0 Å². The molecule has 0 amide bonds. The van der Waals surface area contributed by atoms with Crippen molar-refractivity contribution in [1.82, 2.24) is 0 Å². The summed E-state index contributed by atoms with van der Waals surface area (Å²) < 4.78 is 1.44. The Bertz CT molecular complexity index is 278. The first-order valence-electron chi connectivity index (χ1n) is 7.61. The van der Waals surface area contributed by atoms with Gasteiger partial charge in [0.25, 0.3) is 0 Å². The zero-order valence-electron chi connectivity index (χ0n) is 15.9. The van der Waals surface area contributed by atoms with E-state index in [1.165, 1.54) is 6.92 Å². The minimum atomic E-state index is -1.19. The molecule has 0 aromatic carbocycles. The molecule has 0 aliphatic carbocycles. The first-order valence-corrected chi connectivity index (χ1v) is 7.61. The molecule has 0 unspecified atom stereocenters. The molecule has 0 aromatic heterocycles. The standard InChI is InChI=1S/2C6H16NO.C4H6O2.ClH/c2*1-4-5-7(2,3)6-8;1-3(2)4(5)6;/h2*8H,4-6H2,1-3H3;1H2,2H3,(H,5,6);1H/q2*+1;;/p-2. The van der Waals surface area contributed by atoms with Crippen LogP contribution < -0.4 is 17.5 Å². The van der Waals surface area contributed by atoms with Crippen molar-refractivity contribution in [3.05, 3.63) is 12.2 Å². The molecular weight excluding hydrogens is 320 g/mol. The third kappa shape index (κ3) is 26.5. The second-order valence-electron chi connectivity index (χ2n) is 6.67. The Morgan fingerprint density at radius 2 is 1.17 bits per heavy atom. The molecule has 0 bridgehead atoms. The van der Waals surface area contributed by atoms with E-state index < -0.39 is 5.97 Å². The first kappa shape index (κ1) is 30.2. The number of quaternary nitrogens is 2. The number of rotatable bonds is 7. The highest BCUT2D eigenvalue weighted by molar-refractivity contribution is 5.82. The van der Waals surface area contributed by atoms with E-state index in [1.54, 1.807) is 0 Å². The predicted octanol–water partition coefficient (Wildman–Crippen LogP) is -2.84. The van der Waals surface area contributed by atoms with Crippen LogP contribution in [-0.2, 0) is 4.79 Å². The summed E-state index contributed by atoms with van der Waals surface area (Å²) in [6, 6.07) is 0. The van der Waals surface area contributed by atoms with E-state index >= 15 is 0 Å². The maximum atomic E-state index is 9.49. The fourth-order valence-electron chi connectivity index (χ4n) is 1.35. The Balaban J connectivity index is -0.000000117. The summed E-state index contributed by atoms with van der Waals surface area (Å²) in [5.74, 6) is -1.19. The van der Waals surface area contributed by atoms with Gasteiger partial charge in [-0.15, -0.1) is 0 Å². The van der Waals surface area contributed by atoms with Crippen LogP contribution in [0.15, 0.2) is 12.2 Å². The van der Waals surface area contributed by atoms with E-state index in [0.29, 0.717) is 0 Å². The highest BCUT2D eigenvalue weighted by atomic mass is 35.5. The van der Waals surface area contributed by atoms with Gasteiger partial charge in [-0.05, 0) is 25.3 Å². The van der Waals surface area contributed by atoms with Crippen LogP contribution in [0, 0.1) is 0 Å². The van der Waals surface area contributed by atoms with Crippen molar-refractivity contribution in [1.29, 1.82) is 0 Å². The van der Waals surface area contributed by atoms with Gasteiger partial charge in [-0.2, -0.15) is 0 Å². The number of carboxylic acid groups (broad SMARTS) is 1. The van der Waals surface area contributed by atoms with Gasteiger partial charge < -0.3 is 41.5 Å². The molecule has 0 aromatic rings. The molecule has 0 saturated heterocycles. The Kier molecular flexibility index (Phi) is 21.3. The molecule has 23 heavy (non-hydrogen) atoms. The first-order chi connectivity index (χ1) is 9.89. The minimum absolute atomic E-state index is 0. The van der Waals surface area contributed by atoms with Crippen LogP contribution >= 0.6 is 0 Å². The summed E-state index contributed by atoms with van der Waals surface area (Å²) in [7, 11) is 8.07. The maximum absolute atomic E-state index is 9.49. The lowest BCUT2D eigenvalue weighted by molar-refractivity contribution is -0.908. The van der Waals surface area contributed by atoms with Gasteiger partial charge in [0.15, 0.2) is 13.5 Å². The Morgan fingerprint density at radius 3 is 1.22 bits per heavy atom. The van der Waals surface area contributed by atoms with E-state index in [9.17, 15) is 9.90 Å². The van der Waals surface area contributed by atoms with Gasteiger partial charge in [-0.3, -0.25) is 0 Å². The second kappa shape index (κ2) is 16.2. The lowest BCUT2D eigenvalue weighted by Gasteiger charge is -2.25. The van der Waals surface area contributed by atoms with Crippen molar-refractivity contribution in [2.24, 2.45) is 0 Å². The number of aliphatic hydroxyl groups is 2. The SMILES string of the molecule is C=C(C)C(=O)[O-].CCC[N+](C)(C)CO.CCC[N+](C)(C)CO.[Cl-]. The molecule has 0 radical (unpaired) electrons. The van der Waals surface area contributed by atoms with E-state index in [1.807, 2.05) is 28.2 Å². The molecule has 0 aliphatic rings. The van der Waals surface area contributed by atoms with Gasteiger partial charge in [0.2, 0.25) is 0 Å². The Hall–Kier alpha value is -0.660. The molecule has 0 rings (SSSR count). The summed E-state index contributed by atoms with van der Waals surface area (Å²) in [5, 5.41) is 26.9. The number of carbonyl (C=O) groups is 1. The molecule has 0 atom stereocenters. The van der Waals surface area contributed by atoms with E-state index in [4.69, 9.17) is 10.2 Å². The van der Waals surface area contributed by atoms with Crippen molar-refractivity contribution in [3.8, 4) is 0 Å². The maximum Gasteiger partial charge on any atom is 0.179 e. The number of nitrogens with zero attached hydrogens (tertiary/aromatic N) is 2. The molecule has 0 fully saturated rings. The summed E-state index contributed by atoms with van der Waals surface area (Å²) in [6.45, 7) is 11.3. The molecule has 0 heterocycles. The van der Waals surface area contributed by atoms with Crippen LogP contribution in [0.1, 0.15) is 33.6 Å². The summed E-state index contributed by atoms with van der Waals surface area (Å²) in [6.07, 6.45) is 2.26. The quantitative estimate of drug-likeness (QED) is 0.292. The topological polar surface area (TPSA) is 80.6 Å². The van der Waals surface area contributed by atoms with Gasteiger partial charge in [0.1, 0.15) is 0 Å². The number of hydrogen-bond donors (Lipinski definition) is 2. The van der Waals surface area contributed by atoms with Gasteiger partial charge in [-0.25, -0.2) is 0 Å². The lowest BCUT2D eigenvalue weighted by atomic mass is 10.4. The average molecular weight is 357 g/mol. The largest absolute Gasteiger partial charge is 1.00 e. The van der Waals surface area contributed by atoms with Crippen LogP contribution in [0.4, 0.5) is 0 Å². The minimum Gasteiger partial charge on any atom is -1.00 e. The van der Waals surface area contributed by atoms with Crippen molar-refractivity contribution in [2.75, 3.05) is 54.7 Å². The van der Waals surface area contributed by atoms with E-state index in [-0.39, 0.29) is 31.4 Å². The van der Waals surface area contributed by atoms with Crippen LogP contribution in [0.5, 0.6) is 0 Å². The monoisotopic (exact) mass is 356 g/mol. The number of hydrogen-bond acceptors (Lipinski definition) is 4. The van der Waals surface area contributed by atoms with Crippen LogP contribution in [0.3, 0.4) is 0 Å². The van der Waals surface area contributed by atoms with Crippen molar-refractivity contribution in [2.45, 2.75) is 33.6 Å². The van der Waals surface area contributed by atoms with Gasteiger partial charge in [-0.1, -0.05) is 20.4 Å². The van der Waals surface area contributed by atoms with Crippen LogP contribution in [0.25, 0.3) is 0 Å². The number of aliphatic hydroxyl groups excluding tert-OH is 2. The molecule has 6 nitrogen and oxygen atoms in total. The van der Waals surface area contributed by atoms with Gasteiger partial charge >= 0.3 is 0 Å². The fourth-order valence-corrected chi connectivity index (χ4v) is 1.35. The molecule has 0 spiro atoms. The molecule has 2 N–H and O–H groups in total. The zero-order valence-corrected chi connectivity index (χ0v) is 16.7. The molecule has 142 valence electrons. The third-order valence-corrected chi connectivity index (χ3v) is 2.77. The second-order valence-corrected chi connectivity index (χ2v) is 6.67. The lowest BCUT2D eigenvalue weighted by Crippen LogP contribution is -3.00. The molecular formula is C16H37ClN2O4. The third-order valence-electron chi connectivity index (χ3n) is 2.77. The number of carboxylic acids is 1.